The Morgan fingerprint density at radius 1 is 0.912 bits per heavy atom. The van der Waals surface area contributed by atoms with Crippen LogP contribution in [0.2, 0.25) is 5.02 Å². The topological polar surface area (TPSA) is 54.9 Å². The number of rotatable bonds is 4. The highest BCUT2D eigenvalue weighted by Crippen LogP contribution is 2.34. The van der Waals surface area contributed by atoms with Crippen molar-refractivity contribution in [2.75, 3.05) is 0 Å². The number of para-hydroxylation sites is 2. The van der Waals surface area contributed by atoms with Gasteiger partial charge in [0.15, 0.2) is 0 Å². The maximum atomic E-state index is 14.0. The third-order valence-electron chi connectivity index (χ3n) is 6.57. The number of hydrogen-bond donors (Lipinski definition) is 1. The van der Waals surface area contributed by atoms with Gasteiger partial charge in [0.25, 0.3) is 10.0 Å². The number of aryl methyl sites for hydroxylation is 1. The monoisotopic (exact) mass is 490 g/mol. The molecule has 2 aromatic heterocycles. The summed E-state index contributed by atoms with van der Waals surface area (Å²) in [5, 5.41) is 2.58. The molecule has 0 aliphatic heterocycles. The molecular formula is C28H27ClN2O2S. The normalized spacial score (nSPS) is 12.6. The predicted octanol–water partition coefficient (Wildman–Crippen LogP) is 7.21. The molecule has 5 aromatic rings. The summed E-state index contributed by atoms with van der Waals surface area (Å²) in [7, 11) is -3.82. The highest BCUT2D eigenvalue weighted by atomic mass is 35.5. The molecule has 0 aliphatic carbocycles. The Labute approximate surface area is 205 Å². The van der Waals surface area contributed by atoms with E-state index in [1.54, 1.807) is 12.1 Å². The fraction of sp³-hybridized carbons (Fsp3) is 0.214. The molecule has 174 valence electrons. The van der Waals surface area contributed by atoms with Gasteiger partial charge in [-0.25, -0.2) is 12.4 Å². The van der Waals surface area contributed by atoms with Gasteiger partial charge in [0.05, 0.1) is 21.0 Å². The minimum absolute atomic E-state index is 0.0548. The Hall–Kier alpha value is -3.02. The fourth-order valence-corrected chi connectivity index (χ4v) is 6.46. The molecule has 2 heterocycles. The molecule has 3 aromatic carbocycles. The molecule has 0 bridgehead atoms. The van der Waals surface area contributed by atoms with E-state index in [0.717, 1.165) is 38.7 Å². The molecule has 4 nitrogen and oxygen atoms in total. The van der Waals surface area contributed by atoms with E-state index in [2.05, 4.69) is 25.8 Å². The molecule has 0 fully saturated rings. The number of aromatic amines is 1. The summed E-state index contributed by atoms with van der Waals surface area (Å²) in [4.78, 5) is 3.53. The molecule has 0 spiro atoms. The van der Waals surface area contributed by atoms with Crippen LogP contribution in [0.1, 0.15) is 43.2 Å². The summed E-state index contributed by atoms with van der Waals surface area (Å²) >= 11 is 6.37. The van der Waals surface area contributed by atoms with Gasteiger partial charge in [0.2, 0.25) is 0 Å². The summed E-state index contributed by atoms with van der Waals surface area (Å²) in [5.41, 5.74) is 5.30. The van der Waals surface area contributed by atoms with Crippen molar-refractivity contribution in [3.63, 3.8) is 0 Å². The molecular weight excluding hydrogens is 464 g/mol. The van der Waals surface area contributed by atoms with Crippen molar-refractivity contribution in [3.8, 4) is 0 Å². The number of H-pyrrole nitrogens is 1. The van der Waals surface area contributed by atoms with Gasteiger partial charge >= 0.3 is 0 Å². The van der Waals surface area contributed by atoms with Gasteiger partial charge in [-0.05, 0) is 53.3 Å². The second kappa shape index (κ2) is 8.03. The van der Waals surface area contributed by atoms with Crippen molar-refractivity contribution in [2.45, 2.75) is 44.4 Å². The minimum atomic E-state index is -3.82. The predicted molar refractivity (Wildman–Crippen MR) is 141 cm³/mol. The molecule has 1 N–H and O–H groups in total. The van der Waals surface area contributed by atoms with E-state index in [0.29, 0.717) is 17.0 Å². The maximum Gasteiger partial charge on any atom is 0.268 e. The van der Waals surface area contributed by atoms with Crippen molar-refractivity contribution in [1.82, 2.24) is 8.96 Å². The molecule has 0 radical (unpaired) electrons. The SMILES string of the molecule is Cc1c(Cc2c[nH]c3c(Cl)cccc23)n(S(=O)(=O)c2ccc(C(C)(C)C)cc2)c2ccccc12. The lowest BCUT2D eigenvalue weighted by Gasteiger charge is -2.19. The first-order chi connectivity index (χ1) is 16.1. The van der Waals surface area contributed by atoms with Gasteiger partial charge < -0.3 is 4.98 Å². The van der Waals surface area contributed by atoms with E-state index in [1.807, 2.05) is 67.7 Å². The summed E-state index contributed by atoms with van der Waals surface area (Å²) in [6.45, 7) is 8.34. The second-order valence-corrected chi connectivity index (χ2v) is 12.0. The van der Waals surface area contributed by atoms with Crippen molar-refractivity contribution >= 4 is 43.4 Å². The number of aromatic nitrogens is 2. The Balaban J connectivity index is 1.71. The molecule has 0 unspecified atom stereocenters. The zero-order chi connectivity index (χ0) is 24.3. The maximum absolute atomic E-state index is 14.0. The quantitative estimate of drug-likeness (QED) is 0.289. The van der Waals surface area contributed by atoms with Crippen molar-refractivity contribution < 1.29 is 8.42 Å². The number of nitrogens with zero attached hydrogens (tertiary/aromatic N) is 1. The van der Waals surface area contributed by atoms with Gasteiger partial charge in [0.1, 0.15) is 0 Å². The second-order valence-electron chi connectivity index (χ2n) is 9.79. The Bertz CT molecular complexity index is 1640. The van der Waals surface area contributed by atoms with Crippen LogP contribution in [0.25, 0.3) is 21.8 Å². The molecule has 0 aliphatic rings. The number of fused-ring (bicyclic) bond motifs is 2. The lowest BCUT2D eigenvalue weighted by Crippen LogP contribution is -2.17. The standard InChI is InChI=1S/C28H27ClN2O2S/c1-18-22-8-5-6-11-25(22)31(34(32,33)21-14-12-20(13-15-21)28(2,3)4)26(18)16-19-17-30-27-23(19)9-7-10-24(27)29/h5-15,17,30H,16H2,1-4H3. The Morgan fingerprint density at radius 3 is 2.29 bits per heavy atom. The summed E-state index contributed by atoms with van der Waals surface area (Å²) in [5.74, 6) is 0. The van der Waals surface area contributed by atoms with Crippen LogP contribution in [-0.2, 0) is 21.9 Å². The Kier molecular flexibility index (Phi) is 5.38. The van der Waals surface area contributed by atoms with Gasteiger partial charge in [-0.2, -0.15) is 0 Å². The van der Waals surface area contributed by atoms with Crippen LogP contribution >= 0.6 is 11.6 Å². The number of hydrogen-bond acceptors (Lipinski definition) is 2. The summed E-state index contributed by atoms with van der Waals surface area (Å²) < 4.78 is 29.6. The molecule has 6 heteroatoms. The number of nitrogens with one attached hydrogen (secondary N) is 1. The smallest absolute Gasteiger partial charge is 0.268 e. The first-order valence-electron chi connectivity index (χ1n) is 11.3. The van der Waals surface area contributed by atoms with Crippen molar-refractivity contribution in [1.29, 1.82) is 0 Å². The van der Waals surface area contributed by atoms with Crippen LogP contribution in [0.3, 0.4) is 0 Å². The minimum Gasteiger partial charge on any atom is -0.360 e. The van der Waals surface area contributed by atoms with Crippen LogP contribution in [0, 0.1) is 6.92 Å². The largest absolute Gasteiger partial charge is 0.360 e. The molecule has 0 atom stereocenters. The van der Waals surface area contributed by atoms with Crippen LogP contribution in [-0.4, -0.2) is 17.4 Å². The van der Waals surface area contributed by atoms with Crippen LogP contribution in [0.15, 0.2) is 77.8 Å². The van der Waals surface area contributed by atoms with E-state index in [9.17, 15) is 8.42 Å². The third kappa shape index (κ3) is 3.64. The third-order valence-corrected chi connectivity index (χ3v) is 8.65. The zero-order valence-corrected chi connectivity index (χ0v) is 21.3. The fourth-order valence-electron chi connectivity index (χ4n) is 4.63. The molecule has 34 heavy (non-hydrogen) atoms. The molecule has 0 saturated heterocycles. The lowest BCUT2D eigenvalue weighted by atomic mass is 9.87. The van der Waals surface area contributed by atoms with E-state index >= 15 is 0 Å². The van der Waals surface area contributed by atoms with Crippen LogP contribution < -0.4 is 0 Å². The van der Waals surface area contributed by atoms with E-state index < -0.39 is 10.0 Å². The zero-order valence-electron chi connectivity index (χ0n) is 19.7. The van der Waals surface area contributed by atoms with E-state index in [-0.39, 0.29) is 10.3 Å². The number of benzene rings is 3. The first kappa shape index (κ1) is 22.8. The summed E-state index contributed by atoms with van der Waals surface area (Å²) in [6, 6.07) is 20.7. The molecule has 5 rings (SSSR count). The van der Waals surface area contributed by atoms with Crippen molar-refractivity contribution in [2.24, 2.45) is 0 Å². The summed E-state index contributed by atoms with van der Waals surface area (Å²) in [6.07, 6.45) is 2.38. The van der Waals surface area contributed by atoms with E-state index in [1.165, 1.54) is 3.97 Å². The number of halogens is 1. The molecule has 0 saturated carbocycles. The highest BCUT2D eigenvalue weighted by Gasteiger charge is 2.26. The van der Waals surface area contributed by atoms with Gasteiger partial charge in [0, 0.05) is 29.1 Å². The lowest BCUT2D eigenvalue weighted by molar-refractivity contribution is 0.582. The Morgan fingerprint density at radius 2 is 1.59 bits per heavy atom. The molecule has 0 amide bonds. The van der Waals surface area contributed by atoms with Crippen LogP contribution in [0.4, 0.5) is 0 Å². The van der Waals surface area contributed by atoms with Crippen molar-refractivity contribution in [3.05, 3.63) is 100 Å². The average Bonchev–Trinajstić information content (AvgIpc) is 3.34. The van der Waals surface area contributed by atoms with Gasteiger partial charge in [-0.3, -0.25) is 0 Å². The van der Waals surface area contributed by atoms with Crippen LogP contribution in [0.5, 0.6) is 0 Å². The van der Waals surface area contributed by atoms with Gasteiger partial charge in [-0.15, -0.1) is 0 Å². The highest BCUT2D eigenvalue weighted by molar-refractivity contribution is 7.90. The van der Waals surface area contributed by atoms with E-state index in [4.69, 9.17) is 11.6 Å². The average molecular weight is 491 g/mol. The van der Waals surface area contributed by atoms with Gasteiger partial charge in [-0.1, -0.05) is 74.8 Å². The first-order valence-corrected chi connectivity index (χ1v) is 13.1.